The van der Waals surface area contributed by atoms with E-state index in [9.17, 15) is 9.59 Å². The third-order valence-electron chi connectivity index (χ3n) is 4.08. The predicted octanol–water partition coefficient (Wildman–Crippen LogP) is 2.94. The summed E-state index contributed by atoms with van der Waals surface area (Å²) >= 11 is 0. The van der Waals surface area contributed by atoms with Crippen molar-refractivity contribution in [1.29, 1.82) is 0 Å². The van der Waals surface area contributed by atoms with E-state index < -0.39 is 0 Å². The number of ether oxygens (including phenoxy) is 1. The molecule has 1 aliphatic rings. The highest BCUT2D eigenvalue weighted by Crippen LogP contribution is 2.22. The molecule has 0 saturated carbocycles. The Balaban J connectivity index is 1.65. The number of oxazole rings is 1. The van der Waals surface area contributed by atoms with Crippen molar-refractivity contribution < 1.29 is 18.7 Å². The smallest absolute Gasteiger partial charge is 0.409 e. The van der Waals surface area contributed by atoms with Crippen molar-refractivity contribution in [3.8, 4) is 0 Å². The first-order valence-electron chi connectivity index (χ1n) is 8.16. The second-order valence-corrected chi connectivity index (χ2v) is 5.89. The summed E-state index contributed by atoms with van der Waals surface area (Å²) in [5, 5.41) is 2.91. The Morgan fingerprint density at radius 1 is 1.46 bits per heavy atom. The van der Waals surface area contributed by atoms with Crippen LogP contribution in [-0.4, -0.2) is 41.6 Å². The minimum absolute atomic E-state index is 0.0939. The summed E-state index contributed by atoms with van der Waals surface area (Å²) in [4.78, 5) is 30.2. The topological polar surface area (TPSA) is 84.7 Å². The Bertz CT molecular complexity index is 755. The Hall–Kier alpha value is -2.57. The third kappa shape index (κ3) is 3.50. The molecule has 2 heterocycles. The second kappa shape index (κ2) is 6.90. The molecule has 1 atom stereocenters. The predicted molar refractivity (Wildman–Crippen MR) is 88.7 cm³/mol. The van der Waals surface area contributed by atoms with Crippen LogP contribution in [0.15, 0.2) is 22.6 Å². The Labute approximate surface area is 140 Å². The normalized spacial score (nSPS) is 17.8. The van der Waals surface area contributed by atoms with Gasteiger partial charge in [-0.1, -0.05) is 0 Å². The van der Waals surface area contributed by atoms with E-state index in [0.29, 0.717) is 42.4 Å². The number of fused-ring (bicyclic) bond motifs is 1. The van der Waals surface area contributed by atoms with Crippen LogP contribution < -0.4 is 5.32 Å². The zero-order chi connectivity index (χ0) is 17.1. The lowest BCUT2D eigenvalue weighted by Gasteiger charge is -2.31. The van der Waals surface area contributed by atoms with Crippen molar-refractivity contribution in [3.63, 3.8) is 0 Å². The van der Waals surface area contributed by atoms with E-state index in [-0.39, 0.29) is 17.9 Å². The van der Waals surface area contributed by atoms with E-state index in [0.717, 1.165) is 12.8 Å². The van der Waals surface area contributed by atoms with Gasteiger partial charge in [-0.2, -0.15) is 0 Å². The maximum absolute atomic E-state index is 12.5. The highest BCUT2D eigenvalue weighted by molar-refractivity contribution is 5.94. The Morgan fingerprint density at radius 3 is 3.08 bits per heavy atom. The number of nitrogens with zero attached hydrogens (tertiary/aromatic N) is 2. The van der Waals surface area contributed by atoms with Gasteiger partial charge in [0.25, 0.3) is 0 Å². The van der Waals surface area contributed by atoms with Gasteiger partial charge in [0.05, 0.1) is 12.5 Å². The number of piperidine rings is 1. The zero-order valence-electron chi connectivity index (χ0n) is 13.9. The quantitative estimate of drug-likeness (QED) is 0.934. The molecule has 3 rings (SSSR count). The van der Waals surface area contributed by atoms with Gasteiger partial charge in [0.15, 0.2) is 11.5 Å². The fourth-order valence-corrected chi connectivity index (χ4v) is 2.94. The molecule has 0 radical (unpaired) electrons. The minimum Gasteiger partial charge on any atom is -0.450 e. The standard InChI is InChI=1S/C17H21N3O4/c1-3-23-17(22)20-8-4-5-12(10-20)16(21)19-13-6-7-15-14(9-13)18-11(2)24-15/h6-7,9,12H,3-5,8,10H2,1-2H3,(H,19,21)/t12-/m1/s1. The molecule has 2 aromatic rings. The molecule has 0 aliphatic carbocycles. The first-order chi connectivity index (χ1) is 11.6. The first-order valence-corrected chi connectivity index (χ1v) is 8.16. The molecular weight excluding hydrogens is 310 g/mol. The maximum atomic E-state index is 12.5. The molecule has 0 spiro atoms. The summed E-state index contributed by atoms with van der Waals surface area (Å²) in [6.45, 7) is 4.91. The number of benzene rings is 1. The van der Waals surface area contributed by atoms with Crippen molar-refractivity contribution in [2.75, 3.05) is 25.0 Å². The number of hydrogen-bond acceptors (Lipinski definition) is 5. The van der Waals surface area contributed by atoms with Gasteiger partial charge in [-0.3, -0.25) is 4.79 Å². The van der Waals surface area contributed by atoms with Crippen LogP contribution in [0.25, 0.3) is 11.1 Å². The first kappa shape index (κ1) is 16.3. The van der Waals surface area contributed by atoms with Gasteiger partial charge in [0.2, 0.25) is 5.91 Å². The third-order valence-corrected chi connectivity index (χ3v) is 4.08. The number of carbonyl (C=O) groups is 2. The van der Waals surface area contributed by atoms with Crippen LogP contribution >= 0.6 is 0 Å². The lowest BCUT2D eigenvalue weighted by Crippen LogP contribution is -2.44. The summed E-state index contributed by atoms with van der Waals surface area (Å²) in [7, 11) is 0. The second-order valence-electron chi connectivity index (χ2n) is 5.89. The summed E-state index contributed by atoms with van der Waals surface area (Å²) in [5.74, 6) is 0.257. The summed E-state index contributed by atoms with van der Waals surface area (Å²) < 4.78 is 10.4. The molecule has 2 amide bonds. The molecule has 1 fully saturated rings. The maximum Gasteiger partial charge on any atom is 0.409 e. The lowest BCUT2D eigenvalue weighted by atomic mass is 9.97. The van der Waals surface area contributed by atoms with Crippen molar-refractivity contribution in [1.82, 2.24) is 9.88 Å². The van der Waals surface area contributed by atoms with E-state index in [1.54, 1.807) is 36.9 Å². The van der Waals surface area contributed by atoms with E-state index in [1.807, 2.05) is 0 Å². The molecule has 0 bridgehead atoms. The van der Waals surface area contributed by atoms with Gasteiger partial charge in [0.1, 0.15) is 5.52 Å². The minimum atomic E-state index is -0.352. The summed E-state index contributed by atoms with van der Waals surface area (Å²) in [6.07, 6.45) is 1.19. The highest BCUT2D eigenvalue weighted by Gasteiger charge is 2.29. The molecule has 24 heavy (non-hydrogen) atoms. The molecule has 0 unspecified atom stereocenters. The van der Waals surface area contributed by atoms with Crippen molar-refractivity contribution >= 4 is 28.8 Å². The number of aromatic nitrogens is 1. The largest absolute Gasteiger partial charge is 0.450 e. The van der Waals surface area contributed by atoms with Crippen molar-refractivity contribution in [3.05, 3.63) is 24.1 Å². The highest BCUT2D eigenvalue weighted by atomic mass is 16.6. The van der Waals surface area contributed by atoms with Gasteiger partial charge in [-0.15, -0.1) is 0 Å². The molecule has 1 aliphatic heterocycles. The molecule has 7 nitrogen and oxygen atoms in total. The van der Waals surface area contributed by atoms with Gasteiger partial charge in [-0.25, -0.2) is 9.78 Å². The van der Waals surface area contributed by atoms with Crippen LogP contribution in [-0.2, 0) is 9.53 Å². The Morgan fingerprint density at radius 2 is 2.29 bits per heavy atom. The number of hydrogen-bond donors (Lipinski definition) is 1. The SMILES string of the molecule is CCOC(=O)N1CCC[C@@H](C(=O)Nc2ccc3oc(C)nc3c2)C1. The molecule has 1 aromatic heterocycles. The number of nitrogens with one attached hydrogen (secondary N) is 1. The molecule has 1 N–H and O–H groups in total. The zero-order valence-corrected chi connectivity index (χ0v) is 13.9. The van der Waals surface area contributed by atoms with Crippen LogP contribution in [0.2, 0.25) is 0 Å². The van der Waals surface area contributed by atoms with Gasteiger partial charge in [0, 0.05) is 25.7 Å². The molecule has 128 valence electrons. The van der Waals surface area contributed by atoms with Crippen LogP contribution in [0.3, 0.4) is 0 Å². The monoisotopic (exact) mass is 331 g/mol. The summed E-state index contributed by atoms with van der Waals surface area (Å²) in [5.41, 5.74) is 2.08. The average Bonchev–Trinajstić information content (AvgIpc) is 2.94. The fraction of sp³-hybridized carbons (Fsp3) is 0.471. The number of amides is 2. The van der Waals surface area contributed by atoms with E-state index in [1.165, 1.54) is 0 Å². The summed E-state index contributed by atoms with van der Waals surface area (Å²) in [6, 6.07) is 5.36. The molecule has 1 aromatic carbocycles. The van der Waals surface area contributed by atoms with Gasteiger partial charge >= 0.3 is 6.09 Å². The van der Waals surface area contributed by atoms with E-state index in [4.69, 9.17) is 9.15 Å². The van der Waals surface area contributed by atoms with Crippen LogP contribution in [0, 0.1) is 12.8 Å². The molecule has 1 saturated heterocycles. The molecule has 7 heteroatoms. The van der Waals surface area contributed by atoms with E-state index in [2.05, 4.69) is 10.3 Å². The lowest BCUT2D eigenvalue weighted by molar-refractivity contribution is -0.121. The number of carbonyl (C=O) groups excluding carboxylic acids is 2. The van der Waals surface area contributed by atoms with Crippen LogP contribution in [0.5, 0.6) is 0 Å². The number of rotatable bonds is 3. The van der Waals surface area contributed by atoms with Crippen LogP contribution in [0.1, 0.15) is 25.7 Å². The number of aryl methyl sites for hydroxylation is 1. The number of anilines is 1. The number of likely N-dealkylation sites (tertiary alicyclic amines) is 1. The van der Waals surface area contributed by atoms with Crippen molar-refractivity contribution in [2.24, 2.45) is 5.92 Å². The Kier molecular flexibility index (Phi) is 4.69. The van der Waals surface area contributed by atoms with Gasteiger partial charge in [-0.05, 0) is 38.0 Å². The fourth-order valence-electron chi connectivity index (χ4n) is 2.94. The van der Waals surface area contributed by atoms with Crippen molar-refractivity contribution in [2.45, 2.75) is 26.7 Å². The average molecular weight is 331 g/mol. The molecular formula is C17H21N3O4. The van der Waals surface area contributed by atoms with E-state index >= 15 is 0 Å². The van der Waals surface area contributed by atoms with Gasteiger partial charge < -0.3 is 19.4 Å². The van der Waals surface area contributed by atoms with Crippen LogP contribution in [0.4, 0.5) is 10.5 Å².